The third kappa shape index (κ3) is 4.05. The summed E-state index contributed by atoms with van der Waals surface area (Å²) in [6.07, 6.45) is -2.45. The molecule has 0 aromatic carbocycles. The summed E-state index contributed by atoms with van der Waals surface area (Å²) in [5.41, 5.74) is 1.28. The van der Waals surface area contributed by atoms with E-state index in [1.165, 1.54) is 0 Å². The predicted molar refractivity (Wildman–Crippen MR) is 70.2 cm³/mol. The first-order chi connectivity index (χ1) is 9.88. The van der Waals surface area contributed by atoms with E-state index in [-0.39, 0.29) is 11.6 Å². The van der Waals surface area contributed by atoms with Crippen molar-refractivity contribution in [1.82, 2.24) is 19.7 Å². The predicted octanol–water partition coefficient (Wildman–Crippen LogP) is 1.17. The highest BCUT2D eigenvalue weighted by molar-refractivity contribution is 5.49. The van der Waals surface area contributed by atoms with Gasteiger partial charge in [-0.25, -0.2) is 15.8 Å². The van der Waals surface area contributed by atoms with Crippen LogP contribution in [0, 0.1) is 0 Å². The summed E-state index contributed by atoms with van der Waals surface area (Å²) in [7, 11) is 1.73. The van der Waals surface area contributed by atoms with Crippen molar-refractivity contribution >= 4 is 11.6 Å². The first-order valence-corrected chi connectivity index (χ1v) is 6.03. The summed E-state index contributed by atoms with van der Waals surface area (Å²) >= 11 is 0. The molecule has 0 aliphatic heterocycles. The molecule has 2 aromatic heterocycles. The number of hydrogen-bond donors (Lipinski definition) is 3. The second-order valence-corrected chi connectivity index (χ2v) is 4.28. The van der Waals surface area contributed by atoms with Crippen molar-refractivity contribution in [2.45, 2.75) is 12.6 Å². The molecule has 0 aliphatic rings. The van der Waals surface area contributed by atoms with Gasteiger partial charge in [-0.05, 0) is 12.1 Å². The van der Waals surface area contributed by atoms with Gasteiger partial charge in [0.15, 0.2) is 5.82 Å². The van der Waals surface area contributed by atoms with Gasteiger partial charge in [-0.3, -0.25) is 4.68 Å². The summed E-state index contributed by atoms with van der Waals surface area (Å²) in [6, 6.07) is 1.76. The maximum atomic E-state index is 12.7. The molecule has 2 heterocycles. The van der Waals surface area contributed by atoms with Crippen LogP contribution in [0.1, 0.15) is 11.4 Å². The Hall–Kier alpha value is -2.36. The molecule has 114 valence electrons. The maximum Gasteiger partial charge on any atom is 0.416 e. The number of nitrogens with zero attached hydrogens (tertiary/aromatic N) is 4. The minimum absolute atomic E-state index is 0.0664. The second-order valence-electron chi connectivity index (χ2n) is 4.28. The summed E-state index contributed by atoms with van der Waals surface area (Å²) in [4.78, 5) is 7.93. The van der Waals surface area contributed by atoms with E-state index in [0.717, 1.165) is 12.1 Å². The summed E-state index contributed by atoms with van der Waals surface area (Å²) in [6.45, 7) is 0.350. The number of aromatic nitrogens is 4. The normalized spacial score (nSPS) is 11.5. The van der Waals surface area contributed by atoms with Gasteiger partial charge in [0.1, 0.15) is 18.0 Å². The van der Waals surface area contributed by atoms with Gasteiger partial charge in [0, 0.05) is 20.0 Å². The lowest BCUT2D eigenvalue weighted by molar-refractivity contribution is -0.137. The molecule has 0 amide bonds. The Kier molecular flexibility index (Phi) is 4.26. The number of rotatable bonds is 5. The molecule has 4 N–H and O–H groups in total. The highest BCUT2D eigenvalue weighted by Gasteiger charge is 2.31. The van der Waals surface area contributed by atoms with Gasteiger partial charge in [0.05, 0.1) is 5.56 Å². The molecule has 0 saturated carbocycles. The zero-order valence-corrected chi connectivity index (χ0v) is 11.1. The number of nitrogen functional groups attached to an aromatic ring is 1. The van der Waals surface area contributed by atoms with Crippen molar-refractivity contribution in [3.63, 3.8) is 0 Å². The van der Waals surface area contributed by atoms with Crippen molar-refractivity contribution in [2.75, 3.05) is 17.3 Å². The van der Waals surface area contributed by atoms with Crippen LogP contribution in [-0.4, -0.2) is 26.3 Å². The van der Waals surface area contributed by atoms with Crippen molar-refractivity contribution in [1.29, 1.82) is 0 Å². The number of anilines is 2. The zero-order chi connectivity index (χ0) is 15.5. The van der Waals surface area contributed by atoms with Crippen LogP contribution >= 0.6 is 0 Å². The molecule has 0 spiro atoms. The summed E-state index contributed by atoms with van der Waals surface area (Å²) in [5.74, 6) is 5.73. The molecule has 0 radical (unpaired) electrons. The smallest absolute Gasteiger partial charge is 0.370 e. The molecule has 0 fully saturated rings. The molecule has 2 aromatic rings. The van der Waals surface area contributed by atoms with Crippen molar-refractivity contribution in [2.24, 2.45) is 12.9 Å². The Balaban J connectivity index is 2.05. The fraction of sp³-hybridized carbons (Fsp3) is 0.364. The fourth-order valence-corrected chi connectivity index (χ4v) is 1.66. The second kappa shape index (κ2) is 5.95. The van der Waals surface area contributed by atoms with Gasteiger partial charge in [0.25, 0.3) is 0 Å². The molecular weight excluding hydrogens is 287 g/mol. The largest absolute Gasteiger partial charge is 0.416 e. The number of hydrogen-bond acceptors (Lipinski definition) is 6. The average molecular weight is 301 g/mol. The van der Waals surface area contributed by atoms with Crippen molar-refractivity contribution in [3.8, 4) is 0 Å². The first kappa shape index (κ1) is 15.0. The number of nitrogens with two attached hydrogens (primary N) is 1. The van der Waals surface area contributed by atoms with E-state index in [4.69, 9.17) is 5.84 Å². The summed E-state index contributed by atoms with van der Waals surface area (Å²) < 4.78 is 39.7. The molecule has 0 saturated heterocycles. The van der Waals surface area contributed by atoms with E-state index >= 15 is 0 Å². The van der Waals surface area contributed by atoms with Gasteiger partial charge >= 0.3 is 6.18 Å². The molecular formula is C11H14F3N7. The van der Waals surface area contributed by atoms with E-state index in [1.807, 2.05) is 0 Å². The van der Waals surface area contributed by atoms with E-state index in [0.29, 0.717) is 18.8 Å². The van der Waals surface area contributed by atoms with Gasteiger partial charge in [-0.1, -0.05) is 0 Å². The number of hydrazine groups is 1. The third-order valence-corrected chi connectivity index (χ3v) is 2.60. The zero-order valence-electron chi connectivity index (χ0n) is 11.1. The van der Waals surface area contributed by atoms with Crippen LogP contribution in [0.2, 0.25) is 0 Å². The molecule has 0 atom stereocenters. The Morgan fingerprint density at radius 2 is 2.00 bits per heavy atom. The Morgan fingerprint density at radius 3 is 2.57 bits per heavy atom. The van der Waals surface area contributed by atoms with E-state index in [1.54, 1.807) is 18.1 Å². The number of pyridine rings is 1. The summed E-state index contributed by atoms with van der Waals surface area (Å²) in [5, 5.41) is 6.86. The van der Waals surface area contributed by atoms with E-state index in [2.05, 4.69) is 25.8 Å². The minimum Gasteiger partial charge on any atom is -0.370 e. The van der Waals surface area contributed by atoms with Gasteiger partial charge in [0.2, 0.25) is 0 Å². The molecule has 2 rings (SSSR count). The van der Waals surface area contributed by atoms with Crippen LogP contribution in [0.15, 0.2) is 18.5 Å². The Bertz CT molecular complexity index is 608. The quantitative estimate of drug-likeness (QED) is 0.567. The fourth-order valence-electron chi connectivity index (χ4n) is 1.66. The van der Waals surface area contributed by atoms with E-state index < -0.39 is 11.7 Å². The first-order valence-electron chi connectivity index (χ1n) is 6.03. The maximum absolute atomic E-state index is 12.7. The van der Waals surface area contributed by atoms with Gasteiger partial charge in [-0.15, -0.1) is 0 Å². The van der Waals surface area contributed by atoms with Gasteiger partial charge in [-0.2, -0.15) is 18.3 Å². The Morgan fingerprint density at radius 1 is 1.29 bits per heavy atom. The molecule has 0 unspecified atom stereocenters. The molecule has 0 bridgehead atoms. The lowest BCUT2D eigenvalue weighted by Crippen LogP contribution is -2.15. The van der Waals surface area contributed by atoms with Gasteiger partial charge < -0.3 is 10.7 Å². The lowest BCUT2D eigenvalue weighted by Gasteiger charge is -2.12. The number of alkyl halides is 3. The molecule has 7 nitrogen and oxygen atoms in total. The van der Waals surface area contributed by atoms with Crippen LogP contribution in [-0.2, 0) is 19.6 Å². The van der Waals surface area contributed by atoms with Crippen LogP contribution in [0.4, 0.5) is 24.8 Å². The van der Waals surface area contributed by atoms with Crippen LogP contribution in [0.25, 0.3) is 0 Å². The van der Waals surface area contributed by atoms with E-state index in [9.17, 15) is 13.2 Å². The van der Waals surface area contributed by atoms with Crippen molar-refractivity contribution in [3.05, 3.63) is 29.8 Å². The number of nitrogens with one attached hydrogen (secondary N) is 2. The van der Waals surface area contributed by atoms with Crippen LogP contribution < -0.4 is 16.6 Å². The SMILES string of the molecule is Cn1cnc(CCNc2cc(C(F)(F)F)cc(NN)n2)n1. The molecule has 10 heteroatoms. The monoisotopic (exact) mass is 301 g/mol. The minimum atomic E-state index is -4.46. The van der Waals surface area contributed by atoms with Crippen LogP contribution in [0.3, 0.4) is 0 Å². The lowest BCUT2D eigenvalue weighted by atomic mass is 10.2. The van der Waals surface area contributed by atoms with Crippen LogP contribution in [0.5, 0.6) is 0 Å². The highest BCUT2D eigenvalue weighted by Crippen LogP contribution is 2.31. The highest BCUT2D eigenvalue weighted by atomic mass is 19.4. The standard InChI is InChI=1S/C11H14F3N7/c1-21-6-17-8(20-21)2-3-16-9-4-7(11(12,13)14)5-10(18-9)19-15/h4-6H,2-3,15H2,1H3,(H2,16,18,19). The molecule has 21 heavy (non-hydrogen) atoms. The molecule has 0 aliphatic carbocycles. The van der Waals surface area contributed by atoms with Crippen molar-refractivity contribution < 1.29 is 13.2 Å². The topological polar surface area (TPSA) is 93.7 Å². The third-order valence-electron chi connectivity index (χ3n) is 2.60. The Labute approximate surface area is 118 Å². The number of halogens is 3. The number of aryl methyl sites for hydroxylation is 1. The average Bonchev–Trinajstić information content (AvgIpc) is 2.83.